The summed E-state index contributed by atoms with van der Waals surface area (Å²) in [4.78, 5) is 12.0. The number of rotatable bonds is 6. The minimum Gasteiger partial charge on any atom is -0.384 e. The third-order valence-corrected chi connectivity index (χ3v) is 4.39. The Morgan fingerprint density at radius 1 is 0.769 bits per heavy atom. The van der Waals surface area contributed by atoms with Gasteiger partial charge in [-0.15, -0.1) is 0 Å². The van der Waals surface area contributed by atoms with Gasteiger partial charge in [0.25, 0.3) is 0 Å². The summed E-state index contributed by atoms with van der Waals surface area (Å²) < 4.78 is 0. The van der Waals surface area contributed by atoms with Crippen molar-refractivity contribution in [2.45, 2.75) is 51.1 Å². The zero-order valence-corrected chi connectivity index (χ0v) is 15.5. The predicted molar refractivity (Wildman–Crippen MR) is 98.7 cm³/mol. The van der Waals surface area contributed by atoms with Crippen LogP contribution in [0.3, 0.4) is 0 Å². The van der Waals surface area contributed by atoms with E-state index in [0.717, 1.165) is 11.1 Å². The smallest absolute Gasteiger partial charge is 0.219 e. The second kappa shape index (κ2) is 6.93. The van der Waals surface area contributed by atoms with Crippen LogP contribution in [0.4, 0.5) is 0 Å². The lowest BCUT2D eigenvalue weighted by molar-refractivity contribution is -0.272. The van der Waals surface area contributed by atoms with Crippen LogP contribution in [0.15, 0.2) is 48.5 Å². The highest BCUT2D eigenvalue weighted by Crippen LogP contribution is 2.30. The Hall–Kier alpha value is -2.05. The maximum Gasteiger partial charge on any atom is 0.219 e. The van der Waals surface area contributed by atoms with Crippen molar-refractivity contribution in [3.8, 4) is 0 Å². The number of Topliss-reactive ketones (excluding diaryl/α,β-unsaturated/α-hetero) is 1. The Bertz CT molecular complexity index is 760. The highest BCUT2D eigenvalue weighted by molar-refractivity contribution is 6.01. The highest BCUT2D eigenvalue weighted by atomic mass is 16.5. The van der Waals surface area contributed by atoms with E-state index in [-0.39, 0.29) is 11.3 Å². The third kappa shape index (κ3) is 4.37. The Balaban J connectivity index is 2.14. The van der Waals surface area contributed by atoms with Crippen LogP contribution in [0.1, 0.15) is 54.7 Å². The van der Waals surface area contributed by atoms with Gasteiger partial charge in [-0.3, -0.25) is 4.79 Å². The minimum absolute atomic E-state index is 0.208. The number of carbonyl (C=O) groups excluding carboxylic acids is 1. The van der Waals surface area contributed by atoms with Gasteiger partial charge in [0, 0.05) is 11.1 Å². The molecule has 0 saturated carbocycles. The molecule has 0 aliphatic rings. The molecule has 2 aromatic rings. The molecule has 2 rings (SSSR count). The van der Waals surface area contributed by atoms with Gasteiger partial charge < -0.3 is 20.4 Å². The van der Waals surface area contributed by atoms with E-state index in [1.807, 2.05) is 12.1 Å². The molecular weight excluding hydrogens is 332 g/mol. The monoisotopic (exact) mass is 358 g/mol. The van der Waals surface area contributed by atoms with Gasteiger partial charge in [-0.25, -0.2) is 0 Å². The van der Waals surface area contributed by atoms with E-state index in [9.17, 15) is 25.2 Å². The second-order valence-corrected chi connectivity index (χ2v) is 7.69. The fourth-order valence-corrected chi connectivity index (χ4v) is 2.57. The van der Waals surface area contributed by atoms with E-state index >= 15 is 0 Å². The summed E-state index contributed by atoms with van der Waals surface area (Å²) in [6.07, 6.45) is 0.601. The first-order chi connectivity index (χ1) is 11.8. The molecule has 0 heterocycles. The molecule has 0 saturated heterocycles. The summed E-state index contributed by atoms with van der Waals surface area (Å²) >= 11 is 0. The molecule has 0 atom stereocenters. The van der Waals surface area contributed by atoms with Crippen molar-refractivity contribution >= 4 is 5.78 Å². The van der Waals surface area contributed by atoms with Gasteiger partial charge in [0.2, 0.25) is 5.79 Å². The number of carbonyl (C=O) groups is 1. The predicted octanol–water partition coefficient (Wildman–Crippen LogP) is 2.14. The summed E-state index contributed by atoms with van der Waals surface area (Å²) in [7, 11) is 0. The van der Waals surface area contributed by atoms with E-state index < -0.39 is 17.0 Å². The van der Waals surface area contributed by atoms with Crippen molar-refractivity contribution in [1.29, 1.82) is 0 Å². The van der Waals surface area contributed by atoms with Crippen molar-refractivity contribution in [3.05, 3.63) is 70.8 Å². The maximum absolute atomic E-state index is 12.0. The van der Waals surface area contributed by atoms with Crippen LogP contribution in [-0.2, 0) is 12.2 Å². The van der Waals surface area contributed by atoms with E-state index in [4.69, 9.17) is 0 Å². The fourth-order valence-electron chi connectivity index (χ4n) is 2.57. The number of hydrogen-bond donors (Lipinski definition) is 4. The van der Waals surface area contributed by atoms with Gasteiger partial charge >= 0.3 is 0 Å². The number of benzene rings is 2. The number of hydrogen-bond acceptors (Lipinski definition) is 5. The van der Waals surface area contributed by atoms with Gasteiger partial charge in [-0.2, -0.15) is 0 Å². The van der Waals surface area contributed by atoms with Crippen LogP contribution >= 0.6 is 0 Å². The minimum atomic E-state index is -2.34. The van der Waals surface area contributed by atoms with E-state index in [0.29, 0.717) is 12.0 Å². The van der Waals surface area contributed by atoms with Crippen molar-refractivity contribution in [1.82, 2.24) is 0 Å². The first-order valence-electron chi connectivity index (χ1n) is 8.45. The Kier molecular flexibility index (Phi) is 5.40. The molecule has 0 aromatic heterocycles. The normalized spacial score (nSPS) is 12.9. The van der Waals surface area contributed by atoms with Crippen molar-refractivity contribution < 1.29 is 25.2 Å². The average molecular weight is 358 g/mol. The molecule has 0 aliphatic carbocycles. The molecule has 0 aliphatic heterocycles. The first kappa shape index (κ1) is 20.3. The number of aliphatic hydroxyl groups is 4. The summed E-state index contributed by atoms with van der Waals surface area (Å²) in [5.41, 5.74) is -0.517. The molecule has 26 heavy (non-hydrogen) atoms. The van der Waals surface area contributed by atoms with Crippen molar-refractivity contribution in [2.75, 3.05) is 0 Å². The standard InChI is InChI=1S/C21H26O5/c1-19(2,23)18(22)16-9-5-14(6-10-16)13-15-7-11-17(12-8-15)21(25,26)20(3,4)24/h5-12,23-26H,13H2,1-4H3. The molecule has 5 heteroatoms. The zero-order chi connectivity index (χ0) is 19.8. The van der Waals surface area contributed by atoms with Gasteiger partial charge in [-0.05, 0) is 45.2 Å². The molecule has 4 N–H and O–H groups in total. The van der Waals surface area contributed by atoms with Crippen LogP contribution in [0.25, 0.3) is 0 Å². The quantitative estimate of drug-likeness (QED) is 0.468. The van der Waals surface area contributed by atoms with E-state index in [1.165, 1.54) is 27.7 Å². The fraction of sp³-hybridized carbons (Fsp3) is 0.381. The van der Waals surface area contributed by atoms with Crippen LogP contribution in [0.5, 0.6) is 0 Å². The van der Waals surface area contributed by atoms with Crippen LogP contribution in [0, 0.1) is 0 Å². The highest BCUT2D eigenvalue weighted by Gasteiger charge is 2.41. The molecule has 140 valence electrons. The lowest BCUT2D eigenvalue weighted by Crippen LogP contribution is -2.47. The number of ketones is 1. The average Bonchev–Trinajstić information content (AvgIpc) is 2.53. The Morgan fingerprint density at radius 2 is 1.19 bits per heavy atom. The summed E-state index contributed by atoms with van der Waals surface area (Å²) in [5, 5.41) is 39.9. The lowest BCUT2D eigenvalue weighted by Gasteiger charge is -2.34. The van der Waals surface area contributed by atoms with Gasteiger partial charge in [0.05, 0.1) is 0 Å². The van der Waals surface area contributed by atoms with E-state index in [1.54, 1.807) is 36.4 Å². The Morgan fingerprint density at radius 3 is 1.58 bits per heavy atom. The van der Waals surface area contributed by atoms with Gasteiger partial charge in [0.15, 0.2) is 5.78 Å². The maximum atomic E-state index is 12.0. The second-order valence-electron chi connectivity index (χ2n) is 7.69. The molecule has 0 bridgehead atoms. The van der Waals surface area contributed by atoms with Crippen LogP contribution < -0.4 is 0 Å². The summed E-state index contributed by atoms with van der Waals surface area (Å²) in [6, 6.07) is 13.7. The topological polar surface area (TPSA) is 98.0 Å². The SMILES string of the molecule is CC(C)(O)C(=O)c1ccc(Cc2ccc(C(O)(O)C(C)(C)O)cc2)cc1. The molecule has 5 nitrogen and oxygen atoms in total. The molecular formula is C21H26O5. The van der Waals surface area contributed by atoms with Gasteiger partial charge in [0.1, 0.15) is 11.2 Å². The first-order valence-corrected chi connectivity index (χ1v) is 8.45. The molecule has 2 aromatic carbocycles. The van der Waals surface area contributed by atoms with Crippen molar-refractivity contribution in [2.24, 2.45) is 0 Å². The Labute approximate surface area is 153 Å². The van der Waals surface area contributed by atoms with Gasteiger partial charge in [-0.1, -0.05) is 48.5 Å². The van der Waals surface area contributed by atoms with Crippen molar-refractivity contribution in [3.63, 3.8) is 0 Å². The summed E-state index contributed by atoms with van der Waals surface area (Å²) in [6.45, 7) is 5.58. The van der Waals surface area contributed by atoms with E-state index in [2.05, 4.69) is 0 Å². The molecule has 0 spiro atoms. The lowest BCUT2D eigenvalue weighted by atomic mass is 9.89. The summed E-state index contributed by atoms with van der Waals surface area (Å²) in [5.74, 6) is -2.67. The molecule has 0 unspecified atom stereocenters. The largest absolute Gasteiger partial charge is 0.384 e. The van der Waals surface area contributed by atoms with Crippen LogP contribution in [0.2, 0.25) is 0 Å². The zero-order valence-electron chi connectivity index (χ0n) is 15.5. The molecule has 0 radical (unpaired) electrons. The van der Waals surface area contributed by atoms with Crippen LogP contribution in [-0.4, -0.2) is 37.4 Å². The molecule has 0 amide bonds. The third-order valence-electron chi connectivity index (χ3n) is 4.39. The molecule has 0 fully saturated rings.